The van der Waals surface area contributed by atoms with Gasteiger partial charge in [-0.1, -0.05) is 12.1 Å². The Balaban J connectivity index is 1.72. The van der Waals surface area contributed by atoms with Crippen LogP contribution in [0.3, 0.4) is 0 Å². The molecule has 2 N–H and O–H groups in total. The average molecular weight is 261 g/mol. The molecule has 0 amide bonds. The Morgan fingerprint density at radius 3 is 2.84 bits per heavy atom. The smallest absolute Gasteiger partial charge is 0.292 e. The summed E-state index contributed by atoms with van der Waals surface area (Å²) in [7, 11) is 0. The third-order valence-electron chi connectivity index (χ3n) is 4.40. The molecule has 1 unspecified atom stereocenters. The van der Waals surface area contributed by atoms with Crippen molar-refractivity contribution in [3.8, 4) is 0 Å². The van der Waals surface area contributed by atoms with Crippen LogP contribution in [0.25, 0.3) is 0 Å². The maximum atomic E-state index is 11.0. The molecule has 2 fully saturated rings. The standard InChI is InChI=1S/C14H19N3O2/c18-17(19)13-5-2-1-4-12(13)16-11-6-9-15-14(10-11)7-3-8-14/h1-2,4-5,11,15-16H,3,6-10H2. The van der Waals surface area contributed by atoms with Crippen molar-refractivity contribution >= 4 is 11.4 Å². The molecule has 1 aromatic carbocycles. The first-order chi connectivity index (χ1) is 9.19. The number of nitro groups is 1. The highest BCUT2D eigenvalue weighted by Gasteiger charge is 2.41. The highest BCUT2D eigenvalue weighted by atomic mass is 16.6. The lowest BCUT2D eigenvalue weighted by molar-refractivity contribution is -0.384. The van der Waals surface area contributed by atoms with Crippen LogP contribution in [0.5, 0.6) is 0 Å². The number of nitrogens with zero attached hydrogens (tertiary/aromatic N) is 1. The lowest BCUT2D eigenvalue weighted by atomic mass is 9.70. The van der Waals surface area contributed by atoms with Crippen molar-refractivity contribution in [1.82, 2.24) is 5.32 Å². The van der Waals surface area contributed by atoms with Gasteiger partial charge in [-0.25, -0.2) is 0 Å². The fraction of sp³-hybridized carbons (Fsp3) is 0.571. The summed E-state index contributed by atoms with van der Waals surface area (Å²) in [5.41, 5.74) is 1.12. The molecule has 102 valence electrons. The molecule has 0 radical (unpaired) electrons. The molecule has 5 nitrogen and oxygen atoms in total. The van der Waals surface area contributed by atoms with Gasteiger partial charge in [0, 0.05) is 17.6 Å². The van der Waals surface area contributed by atoms with Crippen LogP contribution >= 0.6 is 0 Å². The average Bonchev–Trinajstić information content (AvgIpc) is 2.37. The van der Waals surface area contributed by atoms with Gasteiger partial charge in [0.15, 0.2) is 0 Å². The van der Waals surface area contributed by atoms with E-state index in [1.165, 1.54) is 19.3 Å². The maximum absolute atomic E-state index is 11.0. The Kier molecular flexibility index (Phi) is 3.14. The molecule has 1 atom stereocenters. The van der Waals surface area contributed by atoms with Crippen LogP contribution in [0.1, 0.15) is 32.1 Å². The van der Waals surface area contributed by atoms with E-state index in [-0.39, 0.29) is 10.6 Å². The number of hydrogen-bond acceptors (Lipinski definition) is 4. The summed E-state index contributed by atoms with van der Waals surface area (Å²) in [4.78, 5) is 10.7. The Bertz CT molecular complexity index is 485. The molecule has 1 aliphatic heterocycles. The molecule has 0 bridgehead atoms. The molecular formula is C14H19N3O2. The van der Waals surface area contributed by atoms with Crippen LogP contribution in [-0.2, 0) is 0 Å². The van der Waals surface area contributed by atoms with Crippen LogP contribution in [0.4, 0.5) is 11.4 Å². The van der Waals surface area contributed by atoms with Crippen LogP contribution in [0, 0.1) is 10.1 Å². The van der Waals surface area contributed by atoms with Crippen molar-refractivity contribution in [1.29, 1.82) is 0 Å². The van der Waals surface area contributed by atoms with Crippen molar-refractivity contribution in [2.45, 2.75) is 43.7 Å². The van der Waals surface area contributed by atoms with Crippen molar-refractivity contribution in [3.63, 3.8) is 0 Å². The van der Waals surface area contributed by atoms with E-state index in [0.29, 0.717) is 17.3 Å². The molecular weight excluding hydrogens is 242 g/mol. The number of piperidine rings is 1. The van der Waals surface area contributed by atoms with Crippen LogP contribution < -0.4 is 10.6 Å². The third kappa shape index (κ3) is 2.42. The topological polar surface area (TPSA) is 67.2 Å². The van der Waals surface area contributed by atoms with Gasteiger partial charge in [0.2, 0.25) is 0 Å². The zero-order valence-electron chi connectivity index (χ0n) is 10.9. The van der Waals surface area contributed by atoms with Gasteiger partial charge >= 0.3 is 0 Å². The van der Waals surface area contributed by atoms with Crippen LogP contribution in [-0.4, -0.2) is 23.0 Å². The number of anilines is 1. The van der Waals surface area contributed by atoms with Crippen molar-refractivity contribution in [2.75, 3.05) is 11.9 Å². The van der Waals surface area contributed by atoms with Gasteiger partial charge < -0.3 is 10.6 Å². The molecule has 1 aromatic rings. The van der Waals surface area contributed by atoms with Crippen LogP contribution in [0.15, 0.2) is 24.3 Å². The summed E-state index contributed by atoms with van der Waals surface area (Å²) < 4.78 is 0. The highest BCUT2D eigenvalue weighted by Crippen LogP contribution is 2.39. The van der Waals surface area contributed by atoms with Gasteiger partial charge in [-0.2, -0.15) is 0 Å². The molecule has 5 heteroatoms. The van der Waals surface area contributed by atoms with E-state index in [1.54, 1.807) is 18.2 Å². The SMILES string of the molecule is O=[N+]([O-])c1ccccc1NC1CCNC2(CCC2)C1. The number of rotatable bonds is 3. The van der Waals surface area contributed by atoms with Gasteiger partial charge in [-0.3, -0.25) is 10.1 Å². The van der Waals surface area contributed by atoms with Gasteiger partial charge in [0.25, 0.3) is 5.69 Å². The first kappa shape index (κ1) is 12.4. The molecule has 1 spiro atoms. The summed E-state index contributed by atoms with van der Waals surface area (Å²) in [6.45, 7) is 0.998. The predicted molar refractivity (Wildman–Crippen MR) is 74.3 cm³/mol. The Labute approximate surface area is 112 Å². The molecule has 19 heavy (non-hydrogen) atoms. The fourth-order valence-corrected chi connectivity index (χ4v) is 3.24. The summed E-state index contributed by atoms with van der Waals surface area (Å²) in [5.74, 6) is 0. The number of para-hydroxylation sites is 2. The Morgan fingerprint density at radius 1 is 1.37 bits per heavy atom. The van der Waals surface area contributed by atoms with Gasteiger partial charge in [0.1, 0.15) is 5.69 Å². The minimum Gasteiger partial charge on any atom is -0.377 e. The maximum Gasteiger partial charge on any atom is 0.292 e. The fourth-order valence-electron chi connectivity index (χ4n) is 3.24. The lowest BCUT2D eigenvalue weighted by Gasteiger charge is -2.48. The second kappa shape index (κ2) is 4.81. The molecule has 3 rings (SSSR count). The lowest BCUT2D eigenvalue weighted by Crippen LogP contribution is -2.58. The molecule has 2 aliphatic rings. The molecule has 1 saturated carbocycles. The predicted octanol–water partition coefficient (Wildman–Crippen LogP) is 2.68. The zero-order valence-corrected chi connectivity index (χ0v) is 10.9. The molecule has 1 heterocycles. The van der Waals surface area contributed by atoms with E-state index >= 15 is 0 Å². The number of nitro benzene ring substituents is 1. The molecule has 0 aromatic heterocycles. The second-order valence-electron chi connectivity index (χ2n) is 5.67. The number of hydrogen-bond donors (Lipinski definition) is 2. The minimum absolute atomic E-state index is 0.170. The highest BCUT2D eigenvalue weighted by molar-refractivity contribution is 5.61. The first-order valence-corrected chi connectivity index (χ1v) is 6.94. The van der Waals surface area contributed by atoms with Crippen molar-refractivity contribution < 1.29 is 4.92 Å². The van der Waals surface area contributed by atoms with Gasteiger partial charge in [-0.15, -0.1) is 0 Å². The van der Waals surface area contributed by atoms with Gasteiger partial charge in [-0.05, 0) is 44.7 Å². The van der Waals surface area contributed by atoms with Gasteiger partial charge in [0.05, 0.1) is 4.92 Å². The quantitative estimate of drug-likeness (QED) is 0.648. The summed E-state index contributed by atoms with van der Waals surface area (Å²) >= 11 is 0. The van der Waals surface area contributed by atoms with E-state index in [0.717, 1.165) is 19.4 Å². The van der Waals surface area contributed by atoms with E-state index in [4.69, 9.17) is 0 Å². The molecule has 1 saturated heterocycles. The monoisotopic (exact) mass is 261 g/mol. The van der Waals surface area contributed by atoms with Crippen molar-refractivity contribution in [3.05, 3.63) is 34.4 Å². The summed E-state index contributed by atoms with van der Waals surface area (Å²) in [5, 5.41) is 18.0. The Morgan fingerprint density at radius 2 is 2.16 bits per heavy atom. The minimum atomic E-state index is -0.317. The largest absolute Gasteiger partial charge is 0.377 e. The summed E-state index contributed by atoms with van der Waals surface area (Å²) in [6, 6.07) is 7.24. The zero-order chi connectivity index (χ0) is 13.3. The van der Waals surface area contributed by atoms with Crippen LogP contribution in [0.2, 0.25) is 0 Å². The number of benzene rings is 1. The van der Waals surface area contributed by atoms with E-state index in [2.05, 4.69) is 10.6 Å². The Hall–Kier alpha value is -1.62. The molecule has 1 aliphatic carbocycles. The third-order valence-corrected chi connectivity index (χ3v) is 4.40. The van der Waals surface area contributed by atoms with E-state index in [9.17, 15) is 10.1 Å². The first-order valence-electron chi connectivity index (χ1n) is 6.94. The number of nitrogens with one attached hydrogen (secondary N) is 2. The van der Waals surface area contributed by atoms with Crippen molar-refractivity contribution in [2.24, 2.45) is 0 Å². The van der Waals surface area contributed by atoms with E-state index in [1.807, 2.05) is 6.07 Å². The summed E-state index contributed by atoms with van der Waals surface area (Å²) in [6.07, 6.45) is 5.86. The normalized spacial score (nSPS) is 24.7. The second-order valence-corrected chi connectivity index (χ2v) is 5.67. The van der Waals surface area contributed by atoms with E-state index < -0.39 is 0 Å².